The molecule has 2 aromatic heterocycles. The van der Waals surface area contributed by atoms with E-state index in [1.54, 1.807) is 16.9 Å². The highest BCUT2D eigenvalue weighted by molar-refractivity contribution is 5.93. The number of nitrogens with zero attached hydrogens (tertiary/aromatic N) is 4. The number of aromatic nitrogens is 4. The van der Waals surface area contributed by atoms with Gasteiger partial charge in [-0.1, -0.05) is 30.3 Å². The number of carbonyl (C=O) groups excluding carboxylic acids is 2. The van der Waals surface area contributed by atoms with E-state index in [1.165, 1.54) is 7.11 Å². The Kier molecular flexibility index (Phi) is 5.41. The molecular weight excluding hydrogens is 370 g/mol. The van der Waals surface area contributed by atoms with Crippen LogP contribution in [0.5, 0.6) is 0 Å². The largest absolute Gasteiger partial charge is 0.465 e. The van der Waals surface area contributed by atoms with E-state index in [9.17, 15) is 9.59 Å². The molecule has 0 spiro atoms. The molecule has 1 aliphatic rings. The first-order valence-corrected chi connectivity index (χ1v) is 9.68. The summed E-state index contributed by atoms with van der Waals surface area (Å²) in [5.41, 5.74) is 3.32. The Morgan fingerprint density at radius 1 is 1.14 bits per heavy atom. The molecule has 150 valence electrons. The maximum absolute atomic E-state index is 12.5. The minimum Gasteiger partial charge on any atom is -0.465 e. The normalized spacial score (nSPS) is 13.0. The van der Waals surface area contributed by atoms with Crippen LogP contribution in [-0.2, 0) is 30.8 Å². The molecule has 8 heteroatoms. The van der Waals surface area contributed by atoms with Crippen LogP contribution >= 0.6 is 0 Å². The molecule has 29 heavy (non-hydrogen) atoms. The Hall–Kier alpha value is -3.42. The van der Waals surface area contributed by atoms with Gasteiger partial charge in [-0.05, 0) is 30.9 Å². The quantitative estimate of drug-likeness (QED) is 0.648. The zero-order valence-electron chi connectivity index (χ0n) is 16.3. The molecule has 0 fully saturated rings. The lowest BCUT2D eigenvalue weighted by Gasteiger charge is -2.13. The number of fused-ring (bicyclic) bond motifs is 1. The van der Waals surface area contributed by atoms with Gasteiger partial charge in [-0.15, -0.1) is 0 Å². The maximum atomic E-state index is 12.5. The van der Waals surface area contributed by atoms with Crippen molar-refractivity contribution >= 4 is 11.9 Å². The Balaban J connectivity index is 1.45. The van der Waals surface area contributed by atoms with Crippen molar-refractivity contribution in [3.05, 3.63) is 70.8 Å². The van der Waals surface area contributed by atoms with Crippen molar-refractivity contribution < 1.29 is 14.3 Å². The fourth-order valence-electron chi connectivity index (χ4n) is 3.60. The minimum absolute atomic E-state index is 0.148. The number of benzene rings is 1. The van der Waals surface area contributed by atoms with Crippen LogP contribution in [0.25, 0.3) is 0 Å². The van der Waals surface area contributed by atoms with Gasteiger partial charge >= 0.3 is 5.97 Å². The van der Waals surface area contributed by atoms with Gasteiger partial charge in [0.1, 0.15) is 11.3 Å². The van der Waals surface area contributed by atoms with Gasteiger partial charge in [0.15, 0.2) is 0 Å². The molecule has 1 N–H and O–H groups in total. The van der Waals surface area contributed by atoms with Crippen LogP contribution in [0, 0.1) is 0 Å². The first-order chi connectivity index (χ1) is 14.2. The number of esters is 1. The first-order valence-electron chi connectivity index (χ1n) is 9.68. The highest BCUT2D eigenvalue weighted by atomic mass is 16.5. The van der Waals surface area contributed by atoms with Gasteiger partial charge in [-0.25, -0.2) is 4.79 Å². The predicted molar refractivity (Wildman–Crippen MR) is 105 cm³/mol. The molecule has 0 bridgehead atoms. The standard InChI is InChI=1S/C21H23N5O3/c1-29-21(28)19-17(24-26-11-6-5-9-18(19)26)13-22-20(27)16-10-12-25(23-16)14-15-7-3-2-4-8-15/h2-4,7-8,10,12H,5-6,9,11,13-14H2,1H3,(H,22,27). The van der Waals surface area contributed by atoms with Crippen LogP contribution in [0.2, 0.25) is 0 Å². The third kappa shape index (κ3) is 4.06. The van der Waals surface area contributed by atoms with E-state index in [0.717, 1.165) is 37.1 Å². The monoisotopic (exact) mass is 393 g/mol. The van der Waals surface area contributed by atoms with Crippen LogP contribution in [0.4, 0.5) is 0 Å². The molecule has 1 amide bonds. The Morgan fingerprint density at radius 2 is 1.97 bits per heavy atom. The topological polar surface area (TPSA) is 91.0 Å². The fourth-order valence-corrected chi connectivity index (χ4v) is 3.60. The van der Waals surface area contributed by atoms with E-state index < -0.39 is 5.97 Å². The number of hydrogen-bond acceptors (Lipinski definition) is 5. The van der Waals surface area contributed by atoms with E-state index in [2.05, 4.69) is 15.5 Å². The second kappa shape index (κ2) is 8.30. The first kappa shape index (κ1) is 18.9. The molecule has 8 nitrogen and oxygen atoms in total. The van der Waals surface area contributed by atoms with Gasteiger partial charge in [0.05, 0.1) is 31.6 Å². The number of rotatable bonds is 6. The summed E-state index contributed by atoms with van der Waals surface area (Å²) in [5, 5.41) is 11.7. The lowest BCUT2D eigenvalue weighted by molar-refractivity contribution is 0.0597. The Bertz CT molecular complexity index is 1020. The number of hydrogen-bond donors (Lipinski definition) is 1. The average molecular weight is 393 g/mol. The number of carbonyl (C=O) groups is 2. The lowest BCUT2D eigenvalue weighted by atomic mass is 10.0. The maximum Gasteiger partial charge on any atom is 0.341 e. The summed E-state index contributed by atoms with van der Waals surface area (Å²) in [5.74, 6) is -0.719. The van der Waals surface area contributed by atoms with Crippen molar-refractivity contribution in [1.82, 2.24) is 24.9 Å². The van der Waals surface area contributed by atoms with Crippen molar-refractivity contribution in [2.24, 2.45) is 0 Å². The zero-order valence-corrected chi connectivity index (χ0v) is 16.3. The van der Waals surface area contributed by atoms with Crippen LogP contribution in [0.15, 0.2) is 42.6 Å². The molecule has 4 rings (SSSR count). The summed E-state index contributed by atoms with van der Waals surface area (Å²) in [7, 11) is 1.36. The second-order valence-corrected chi connectivity index (χ2v) is 7.01. The zero-order chi connectivity index (χ0) is 20.2. The fraction of sp³-hybridized carbons (Fsp3) is 0.333. The van der Waals surface area contributed by atoms with Crippen LogP contribution in [0.3, 0.4) is 0 Å². The number of nitrogens with one attached hydrogen (secondary N) is 1. The van der Waals surface area contributed by atoms with E-state index >= 15 is 0 Å². The Morgan fingerprint density at radius 3 is 2.76 bits per heavy atom. The molecule has 0 aliphatic carbocycles. The smallest absolute Gasteiger partial charge is 0.341 e. The van der Waals surface area contributed by atoms with Gasteiger partial charge in [0.2, 0.25) is 0 Å². The van der Waals surface area contributed by atoms with Crippen molar-refractivity contribution in [2.45, 2.75) is 38.9 Å². The molecule has 3 heterocycles. The van der Waals surface area contributed by atoms with Crippen molar-refractivity contribution in [1.29, 1.82) is 0 Å². The summed E-state index contributed by atoms with van der Waals surface area (Å²) in [6.07, 6.45) is 4.60. The number of aryl methyl sites for hydroxylation is 1. The van der Waals surface area contributed by atoms with Crippen LogP contribution in [0.1, 0.15) is 50.6 Å². The van der Waals surface area contributed by atoms with Gasteiger partial charge in [-0.3, -0.25) is 14.2 Å². The minimum atomic E-state index is -0.412. The second-order valence-electron chi connectivity index (χ2n) is 7.01. The molecule has 0 radical (unpaired) electrons. The lowest BCUT2D eigenvalue weighted by Crippen LogP contribution is -2.25. The molecule has 3 aromatic rings. The van der Waals surface area contributed by atoms with E-state index in [4.69, 9.17) is 4.74 Å². The van der Waals surface area contributed by atoms with Gasteiger partial charge < -0.3 is 10.1 Å². The van der Waals surface area contributed by atoms with Crippen molar-refractivity contribution in [3.63, 3.8) is 0 Å². The molecule has 0 atom stereocenters. The van der Waals surface area contributed by atoms with Gasteiger partial charge in [0, 0.05) is 12.7 Å². The summed E-state index contributed by atoms with van der Waals surface area (Å²) in [6, 6.07) is 11.6. The predicted octanol–water partition coefficient (Wildman–Crippen LogP) is 2.18. The van der Waals surface area contributed by atoms with Gasteiger partial charge in [0.25, 0.3) is 5.91 Å². The third-order valence-corrected chi connectivity index (χ3v) is 5.03. The summed E-state index contributed by atoms with van der Waals surface area (Å²) >= 11 is 0. The molecule has 0 saturated carbocycles. The van der Waals surface area contributed by atoms with Crippen molar-refractivity contribution in [2.75, 3.05) is 7.11 Å². The van der Waals surface area contributed by atoms with Crippen LogP contribution in [-0.4, -0.2) is 38.5 Å². The summed E-state index contributed by atoms with van der Waals surface area (Å²) in [4.78, 5) is 24.8. The molecule has 0 unspecified atom stereocenters. The Labute approximate surface area is 168 Å². The third-order valence-electron chi connectivity index (χ3n) is 5.03. The average Bonchev–Trinajstić information content (AvgIpc) is 3.36. The molecule has 1 aliphatic heterocycles. The number of ether oxygens (including phenoxy) is 1. The SMILES string of the molecule is COC(=O)c1c(CNC(=O)c2ccn(Cc3ccccc3)n2)nn2c1CCCC2. The number of methoxy groups -OCH3 is 1. The number of amides is 1. The van der Waals surface area contributed by atoms with Gasteiger partial charge in [-0.2, -0.15) is 10.2 Å². The highest BCUT2D eigenvalue weighted by Crippen LogP contribution is 2.22. The highest BCUT2D eigenvalue weighted by Gasteiger charge is 2.26. The van der Waals surface area contributed by atoms with Crippen molar-refractivity contribution in [3.8, 4) is 0 Å². The molecule has 0 saturated heterocycles. The van der Waals surface area contributed by atoms with Crippen LogP contribution < -0.4 is 5.32 Å². The van der Waals surface area contributed by atoms with E-state index in [0.29, 0.717) is 23.5 Å². The van der Waals surface area contributed by atoms with E-state index in [1.807, 2.05) is 35.0 Å². The van der Waals surface area contributed by atoms with E-state index in [-0.39, 0.29) is 12.5 Å². The molecular formula is C21H23N5O3. The summed E-state index contributed by atoms with van der Waals surface area (Å²) in [6.45, 7) is 1.51. The molecule has 1 aromatic carbocycles. The summed E-state index contributed by atoms with van der Waals surface area (Å²) < 4.78 is 8.51.